The Kier molecular flexibility index (Phi) is 5.80. The van der Waals surface area contributed by atoms with Crippen LogP contribution < -0.4 is 0 Å². The Morgan fingerprint density at radius 2 is 1.63 bits per heavy atom. The minimum Gasteiger partial charge on any atom is -0.204 e. The smallest absolute Gasteiger partial charge is 0.159 e. The van der Waals surface area contributed by atoms with Gasteiger partial charge in [-0.2, -0.15) is 0 Å². The zero-order chi connectivity index (χ0) is 13.7. The second kappa shape index (κ2) is 7.37. The van der Waals surface area contributed by atoms with Gasteiger partial charge in [-0.1, -0.05) is 54.1 Å². The van der Waals surface area contributed by atoms with Crippen LogP contribution in [0.25, 0.3) is 0 Å². The molecule has 106 valence electrons. The molecule has 1 aliphatic carbocycles. The second-order valence-electron chi connectivity index (χ2n) is 5.57. The molecule has 0 bridgehead atoms. The summed E-state index contributed by atoms with van der Waals surface area (Å²) in [5.41, 5.74) is 0.878. The van der Waals surface area contributed by atoms with Crippen molar-refractivity contribution >= 4 is 15.9 Å². The first-order chi connectivity index (χ1) is 9.16. The predicted molar refractivity (Wildman–Crippen MR) is 78.6 cm³/mol. The summed E-state index contributed by atoms with van der Waals surface area (Å²) in [4.78, 5) is 0.371. The molecule has 0 amide bonds. The van der Waals surface area contributed by atoms with Crippen LogP contribution in [0.15, 0.2) is 18.2 Å². The van der Waals surface area contributed by atoms with Crippen LogP contribution in [-0.4, -0.2) is 4.83 Å². The molecule has 0 saturated heterocycles. The summed E-state index contributed by atoms with van der Waals surface area (Å²) < 4.78 is 26.1. The Bertz CT molecular complexity index is 398. The van der Waals surface area contributed by atoms with Gasteiger partial charge in [0.15, 0.2) is 11.6 Å². The van der Waals surface area contributed by atoms with Crippen molar-refractivity contribution < 1.29 is 8.78 Å². The third kappa shape index (κ3) is 4.55. The molecule has 0 aliphatic heterocycles. The van der Waals surface area contributed by atoms with Crippen LogP contribution in [0.2, 0.25) is 0 Å². The number of rotatable bonds is 3. The number of hydrogen-bond donors (Lipinski definition) is 0. The van der Waals surface area contributed by atoms with E-state index < -0.39 is 11.6 Å². The Morgan fingerprint density at radius 3 is 2.26 bits per heavy atom. The van der Waals surface area contributed by atoms with Crippen molar-refractivity contribution in [2.24, 2.45) is 5.92 Å². The third-order valence-corrected chi connectivity index (χ3v) is 5.15. The second-order valence-corrected chi connectivity index (χ2v) is 6.75. The molecule has 0 heterocycles. The minimum atomic E-state index is -0.763. The van der Waals surface area contributed by atoms with Gasteiger partial charge < -0.3 is 0 Å². The molecule has 2 rings (SSSR count). The molecule has 0 radical (unpaired) electrons. The zero-order valence-electron chi connectivity index (χ0n) is 11.2. The number of alkyl halides is 1. The normalized spacial score (nSPS) is 19.7. The quantitative estimate of drug-likeness (QED) is 0.630. The van der Waals surface area contributed by atoms with Gasteiger partial charge in [-0.25, -0.2) is 8.78 Å². The summed E-state index contributed by atoms with van der Waals surface area (Å²) in [7, 11) is 0. The van der Waals surface area contributed by atoms with E-state index in [1.54, 1.807) is 6.07 Å². The monoisotopic (exact) mass is 330 g/mol. The van der Waals surface area contributed by atoms with E-state index in [9.17, 15) is 8.78 Å². The molecule has 0 aromatic heterocycles. The Morgan fingerprint density at radius 1 is 1.00 bits per heavy atom. The van der Waals surface area contributed by atoms with Crippen molar-refractivity contribution in [3.05, 3.63) is 35.4 Å². The number of hydrogen-bond acceptors (Lipinski definition) is 0. The lowest BCUT2D eigenvalue weighted by molar-refractivity contribution is 0.370. The number of benzene rings is 1. The lowest BCUT2D eigenvalue weighted by Gasteiger charge is -2.24. The summed E-state index contributed by atoms with van der Waals surface area (Å²) in [6, 6.07) is 4.24. The molecule has 1 aromatic carbocycles. The highest BCUT2D eigenvalue weighted by atomic mass is 79.9. The fourth-order valence-corrected chi connectivity index (χ4v) is 3.81. The maximum Gasteiger partial charge on any atom is 0.159 e. The van der Waals surface area contributed by atoms with E-state index >= 15 is 0 Å². The van der Waals surface area contributed by atoms with Gasteiger partial charge in [0, 0.05) is 4.83 Å². The molecule has 1 aromatic rings. The van der Waals surface area contributed by atoms with Crippen LogP contribution in [0, 0.1) is 17.6 Å². The van der Waals surface area contributed by atoms with Crippen LogP contribution in [0.4, 0.5) is 8.78 Å². The largest absolute Gasteiger partial charge is 0.204 e. The molecule has 1 atom stereocenters. The average molecular weight is 331 g/mol. The lowest BCUT2D eigenvalue weighted by atomic mass is 9.87. The molecule has 0 nitrogen and oxygen atoms in total. The maximum atomic E-state index is 13.2. The summed E-state index contributed by atoms with van der Waals surface area (Å²) in [5, 5.41) is 0. The molecule has 1 unspecified atom stereocenters. The number of halogens is 3. The standard InChI is InChI=1S/C16H21BrF2/c17-14(13-6-4-2-1-3-5-7-13)10-12-8-9-15(18)16(19)11-12/h8-9,11,13-14H,1-7,10H2. The van der Waals surface area contributed by atoms with Crippen molar-refractivity contribution in [3.63, 3.8) is 0 Å². The molecule has 0 N–H and O–H groups in total. The SMILES string of the molecule is Fc1ccc(CC(Br)C2CCCCCCC2)cc1F. The van der Waals surface area contributed by atoms with Gasteiger partial charge in [-0.3, -0.25) is 0 Å². The summed E-state index contributed by atoms with van der Waals surface area (Å²) in [5.74, 6) is -0.843. The van der Waals surface area contributed by atoms with Crippen molar-refractivity contribution in [2.45, 2.75) is 56.2 Å². The molecular formula is C16H21BrF2. The molecule has 1 aliphatic rings. The summed E-state index contributed by atoms with van der Waals surface area (Å²) in [6.07, 6.45) is 9.90. The van der Waals surface area contributed by atoms with E-state index in [1.807, 2.05) is 0 Å². The van der Waals surface area contributed by atoms with E-state index in [1.165, 1.54) is 57.1 Å². The Balaban J connectivity index is 1.94. The molecule has 1 fully saturated rings. The van der Waals surface area contributed by atoms with Crippen molar-refractivity contribution in [1.82, 2.24) is 0 Å². The highest BCUT2D eigenvalue weighted by Gasteiger charge is 2.20. The molecule has 19 heavy (non-hydrogen) atoms. The average Bonchev–Trinajstić information content (AvgIpc) is 2.33. The van der Waals surface area contributed by atoms with Crippen LogP contribution in [-0.2, 0) is 6.42 Å². The summed E-state index contributed by atoms with van der Waals surface area (Å²) >= 11 is 3.76. The fraction of sp³-hybridized carbons (Fsp3) is 0.625. The van der Waals surface area contributed by atoms with E-state index in [2.05, 4.69) is 15.9 Å². The molecule has 1 saturated carbocycles. The Hall–Kier alpha value is -0.440. The molecular weight excluding hydrogens is 310 g/mol. The van der Waals surface area contributed by atoms with Gasteiger partial charge in [0.2, 0.25) is 0 Å². The van der Waals surface area contributed by atoms with Gasteiger partial charge in [-0.05, 0) is 42.9 Å². The third-order valence-electron chi connectivity index (χ3n) is 4.08. The van der Waals surface area contributed by atoms with Crippen LogP contribution in [0.3, 0.4) is 0 Å². The topological polar surface area (TPSA) is 0 Å². The highest BCUT2D eigenvalue weighted by Crippen LogP contribution is 2.30. The van der Waals surface area contributed by atoms with Crippen molar-refractivity contribution in [3.8, 4) is 0 Å². The fourth-order valence-electron chi connectivity index (χ4n) is 2.91. The van der Waals surface area contributed by atoms with E-state index in [0.717, 1.165) is 12.0 Å². The first-order valence-corrected chi connectivity index (χ1v) is 8.16. The van der Waals surface area contributed by atoms with Gasteiger partial charge in [-0.15, -0.1) is 0 Å². The van der Waals surface area contributed by atoms with Crippen molar-refractivity contribution in [2.75, 3.05) is 0 Å². The zero-order valence-corrected chi connectivity index (χ0v) is 12.8. The van der Waals surface area contributed by atoms with Gasteiger partial charge >= 0.3 is 0 Å². The van der Waals surface area contributed by atoms with Crippen LogP contribution >= 0.6 is 15.9 Å². The molecule has 0 spiro atoms. The lowest BCUT2D eigenvalue weighted by Crippen LogP contribution is -2.18. The predicted octanol–water partition coefficient (Wildman–Crippen LogP) is 5.63. The van der Waals surface area contributed by atoms with E-state index in [0.29, 0.717) is 10.7 Å². The van der Waals surface area contributed by atoms with Crippen LogP contribution in [0.5, 0.6) is 0 Å². The molecule has 3 heteroatoms. The van der Waals surface area contributed by atoms with Gasteiger partial charge in [0.05, 0.1) is 0 Å². The van der Waals surface area contributed by atoms with Crippen molar-refractivity contribution in [1.29, 1.82) is 0 Å². The highest BCUT2D eigenvalue weighted by molar-refractivity contribution is 9.09. The van der Waals surface area contributed by atoms with Gasteiger partial charge in [0.25, 0.3) is 0 Å². The first kappa shape index (κ1) is 15.0. The Labute approximate surface area is 122 Å². The summed E-state index contributed by atoms with van der Waals surface area (Å²) in [6.45, 7) is 0. The maximum absolute atomic E-state index is 13.2. The van der Waals surface area contributed by atoms with Gasteiger partial charge in [0.1, 0.15) is 0 Å². The first-order valence-electron chi connectivity index (χ1n) is 7.25. The van der Waals surface area contributed by atoms with Crippen LogP contribution in [0.1, 0.15) is 50.5 Å². The van der Waals surface area contributed by atoms with E-state index in [4.69, 9.17) is 0 Å². The van der Waals surface area contributed by atoms with E-state index in [-0.39, 0.29) is 0 Å². The minimum absolute atomic E-state index is 0.371.